The van der Waals surface area contributed by atoms with Gasteiger partial charge in [-0.1, -0.05) is 32.6 Å². The van der Waals surface area contributed by atoms with Crippen molar-refractivity contribution in [3.63, 3.8) is 0 Å². The van der Waals surface area contributed by atoms with Crippen LogP contribution in [0.3, 0.4) is 0 Å². The second-order valence-corrected chi connectivity index (χ2v) is 8.64. The zero-order valence-corrected chi connectivity index (χ0v) is 19.8. The van der Waals surface area contributed by atoms with Crippen LogP contribution in [-0.4, -0.2) is 52.1 Å². The van der Waals surface area contributed by atoms with Gasteiger partial charge in [-0.05, 0) is 30.7 Å². The van der Waals surface area contributed by atoms with Crippen molar-refractivity contribution in [2.24, 2.45) is 0 Å². The van der Waals surface area contributed by atoms with Crippen LogP contribution in [0.15, 0.2) is 36.8 Å². The SMILES string of the molecule is CCCCCC[C@H](C(=O)N1C[C@@H](Oc2ccc(C(F)(F)F)cc2)C[C@H]1C(=O)OC)n1cnc(N)c1. The minimum Gasteiger partial charge on any atom is -0.488 e. The van der Waals surface area contributed by atoms with Crippen molar-refractivity contribution < 1.29 is 32.2 Å². The number of hydrogen-bond acceptors (Lipinski definition) is 6. The van der Waals surface area contributed by atoms with Crippen molar-refractivity contribution in [3.05, 3.63) is 42.4 Å². The molecule has 2 aromatic rings. The summed E-state index contributed by atoms with van der Waals surface area (Å²) in [6, 6.07) is 2.84. The van der Waals surface area contributed by atoms with Crippen LogP contribution in [0.5, 0.6) is 5.75 Å². The third-order valence-electron chi connectivity index (χ3n) is 6.10. The Kier molecular flexibility index (Phi) is 8.63. The van der Waals surface area contributed by atoms with Gasteiger partial charge in [0.05, 0.1) is 25.5 Å². The van der Waals surface area contributed by atoms with Crippen molar-refractivity contribution in [2.45, 2.75) is 69.8 Å². The van der Waals surface area contributed by atoms with Crippen molar-refractivity contribution in [1.29, 1.82) is 0 Å². The molecule has 2 N–H and O–H groups in total. The number of carbonyl (C=O) groups excluding carboxylic acids is 2. The predicted molar refractivity (Wildman–Crippen MR) is 122 cm³/mol. The first kappa shape index (κ1) is 26.4. The molecule has 1 aliphatic heterocycles. The molecule has 1 aromatic heterocycles. The number of rotatable bonds is 10. The largest absolute Gasteiger partial charge is 0.488 e. The molecule has 0 spiro atoms. The Morgan fingerprint density at radius 2 is 1.91 bits per heavy atom. The number of imidazole rings is 1. The van der Waals surface area contributed by atoms with Gasteiger partial charge < -0.3 is 24.7 Å². The number of likely N-dealkylation sites (tertiary alicyclic amines) is 1. The number of unbranched alkanes of at least 4 members (excludes halogenated alkanes) is 3. The number of alkyl halides is 3. The molecular formula is C24H31F3N4O4. The van der Waals surface area contributed by atoms with E-state index in [-0.39, 0.29) is 30.4 Å². The second-order valence-electron chi connectivity index (χ2n) is 8.64. The Labute approximate surface area is 202 Å². The molecule has 3 rings (SSSR count). The van der Waals surface area contributed by atoms with Gasteiger partial charge in [0.15, 0.2) is 0 Å². The maximum atomic E-state index is 13.7. The smallest absolute Gasteiger partial charge is 0.416 e. The highest BCUT2D eigenvalue weighted by atomic mass is 19.4. The normalized spacial score (nSPS) is 18.9. The molecule has 1 amide bonds. The van der Waals surface area contributed by atoms with E-state index in [4.69, 9.17) is 15.2 Å². The first-order valence-electron chi connectivity index (χ1n) is 11.6. The number of carbonyl (C=O) groups is 2. The number of aromatic nitrogens is 2. The topological polar surface area (TPSA) is 99.7 Å². The third-order valence-corrected chi connectivity index (χ3v) is 6.10. The summed E-state index contributed by atoms with van der Waals surface area (Å²) in [6.07, 6.45) is 2.62. The summed E-state index contributed by atoms with van der Waals surface area (Å²) in [7, 11) is 1.24. The summed E-state index contributed by atoms with van der Waals surface area (Å²) in [4.78, 5) is 31.6. The van der Waals surface area contributed by atoms with Crippen LogP contribution in [0.2, 0.25) is 0 Å². The fourth-order valence-electron chi connectivity index (χ4n) is 4.28. The molecule has 1 aliphatic rings. The summed E-state index contributed by atoms with van der Waals surface area (Å²) in [6.45, 7) is 2.19. The van der Waals surface area contributed by atoms with Gasteiger partial charge in [-0.3, -0.25) is 4.79 Å². The molecule has 1 saturated heterocycles. The van der Waals surface area contributed by atoms with E-state index in [1.165, 1.54) is 30.5 Å². The summed E-state index contributed by atoms with van der Waals surface area (Å²) >= 11 is 0. The van der Waals surface area contributed by atoms with E-state index in [2.05, 4.69) is 11.9 Å². The fourth-order valence-corrected chi connectivity index (χ4v) is 4.28. The van der Waals surface area contributed by atoms with Gasteiger partial charge >= 0.3 is 12.1 Å². The van der Waals surface area contributed by atoms with Gasteiger partial charge in [-0.25, -0.2) is 9.78 Å². The lowest BCUT2D eigenvalue weighted by Gasteiger charge is -2.28. The van der Waals surface area contributed by atoms with E-state index in [0.29, 0.717) is 6.42 Å². The van der Waals surface area contributed by atoms with E-state index in [0.717, 1.165) is 37.8 Å². The van der Waals surface area contributed by atoms with Gasteiger partial charge in [-0.2, -0.15) is 13.2 Å². The second kappa shape index (κ2) is 11.5. The molecule has 0 bridgehead atoms. The summed E-state index contributed by atoms with van der Waals surface area (Å²) in [5.74, 6) is -0.357. The van der Waals surface area contributed by atoms with E-state index >= 15 is 0 Å². The van der Waals surface area contributed by atoms with Crippen LogP contribution in [-0.2, 0) is 20.5 Å². The highest BCUT2D eigenvalue weighted by Crippen LogP contribution is 2.32. The monoisotopic (exact) mass is 496 g/mol. The van der Waals surface area contributed by atoms with Crippen molar-refractivity contribution in [1.82, 2.24) is 14.5 Å². The number of nitrogens with zero attached hydrogens (tertiary/aromatic N) is 3. The molecule has 0 aliphatic carbocycles. The predicted octanol–water partition coefficient (Wildman–Crippen LogP) is 4.22. The Morgan fingerprint density at radius 1 is 1.20 bits per heavy atom. The lowest BCUT2D eigenvalue weighted by Crippen LogP contribution is -2.44. The Balaban J connectivity index is 1.77. The van der Waals surface area contributed by atoms with E-state index in [9.17, 15) is 22.8 Å². The molecule has 1 aromatic carbocycles. The Bertz CT molecular complexity index is 993. The standard InChI is InChI=1S/C24H31F3N4O4/c1-3-4-5-6-7-19(30-14-21(28)29-15-30)22(32)31-13-18(12-20(31)23(33)34-2)35-17-10-8-16(9-11-17)24(25,26)27/h8-11,14-15,18-20H,3-7,12-13,28H2,1-2H3/t18-,19+,20-/m0/s1. The quantitative estimate of drug-likeness (QED) is 0.391. The third kappa shape index (κ3) is 6.67. The molecule has 3 atom stereocenters. The molecule has 11 heteroatoms. The summed E-state index contributed by atoms with van der Waals surface area (Å²) in [5.41, 5.74) is 4.98. The van der Waals surface area contributed by atoms with Gasteiger partial charge in [0.2, 0.25) is 5.91 Å². The molecule has 0 saturated carbocycles. The lowest BCUT2D eigenvalue weighted by molar-refractivity contribution is -0.152. The maximum Gasteiger partial charge on any atom is 0.416 e. The van der Waals surface area contributed by atoms with E-state index in [1.807, 2.05) is 0 Å². The zero-order valence-electron chi connectivity index (χ0n) is 19.8. The molecule has 0 unspecified atom stereocenters. The number of nitrogen functional groups attached to an aromatic ring is 1. The van der Waals surface area contributed by atoms with Crippen LogP contribution in [0, 0.1) is 0 Å². The Morgan fingerprint density at radius 3 is 2.49 bits per heavy atom. The van der Waals surface area contributed by atoms with Crippen LogP contribution < -0.4 is 10.5 Å². The molecule has 1 fully saturated rings. The number of benzene rings is 1. The molecular weight excluding hydrogens is 465 g/mol. The number of nitrogens with two attached hydrogens (primary N) is 1. The first-order valence-corrected chi connectivity index (χ1v) is 11.6. The number of esters is 1. The number of hydrogen-bond donors (Lipinski definition) is 1. The molecule has 2 heterocycles. The van der Waals surface area contributed by atoms with Crippen molar-refractivity contribution >= 4 is 17.7 Å². The minimum absolute atomic E-state index is 0.0925. The average molecular weight is 497 g/mol. The van der Waals surface area contributed by atoms with E-state index < -0.39 is 35.9 Å². The average Bonchev–Trinajstić information content (AvgIpc) is 3.44. The van der Waals surface area contributed by atoms with Gasteiger partial charge in [0.1, 0.15) is 29.8 Å². The minimum atomic E-state index is -4.45. The first-order chi connectivity index (χ1) is 16.6. The highest BCUT2D eigenvalue weighted by molar-refractivity contribution is 5.87. The van der Waals surface area contributed by atoms with Crippen LogP contribution in [0.4, 0.5) is 19.0 Å². The molecule has 0 radical (unpaired) electrons. The fraction of sp³-hybridized carbons (Fsp3) is 0.542. The van der Waals surface area contributed by atoms with E-state index in [1.54, 1.807) is 10.8 Å². The molecule has 35 heavy (non-hydrogen) atoms. The number of anilines is 1. The number of methoxy groups -OCH3 is 1. The van der Waals surface area contributed by atoms with Crippen molar-refractivity contribution in [3.8, 4) is 5.75 Å². The maximum absolute atomic E-state index is 13.7. The van der Waals surface area contributed by atoms with Gasteiger partial charge in [0.25, 0.3) is 0 Å². The van der Waals surface area contributed by atoms with Gasteiger partial charge in [0, 0.05) is 12.6 Å². The van der Waals surface area contributed by atoms with Crippen LogP contribution in [0.1, 0.15) is 57.1 Å². The number of amides is 1. The molecule has 192 valence electrons. The van der Waals surface area contributed by atoms with Crippen molar-refractivity contribution in [2.75, 3.05) is 19.4 Å². The lowest BCUT2D eigenvalue weighted by atomic mass is 10.1. The Hall–Kier alpha value is -3.24. The van der Waals surface area contributed by atoms with Crippen LogP contribution in [0.25, 0.3) is 0 Å². The van der Waals surface area contributed by atoms with Crippen LogP contribution >= 0.6 is 0 Å². The number of halogens is 3. The summed E-state index contributed by atoms with van der Waals surface area (Å²) in [5, 5.41) is 0. The zero-order chi connectivity index (χ0) is 25.6. The molecule has 8 nitrogen and oxygen atoms in total. The number of ether oxygens (including phenoxy) is 2. The summed E-state index contributed by atoms with van der Waals surface area (Å²) < 4.78 is 50.9. The highest BCUT2D eigenvalue weighted by Gasteiger charge is 2.43. The van der Waals surface area contributed by atoms with Gasteiger partial charge in [-0.15, -0.1) is 0 Å².